The van der Waals surface area contributed by atoms with E-state index in [0.717, 1.165) is 0 Å². The van der Waals surface area contributed by atoms with Gasteiger partial charge in [0.25, 0.3) is 0 Å². The zero-order valence-electron chi connectivity index (χ0n) is 9.79. The van der Waals surface area contributed by atoms with Crippen molar-refractivity contribution in [1.29, 1.82) is 0 Å². The summed E-state index contributed by atoms with van der Waals surface area (Å²) in [5.74, 6) is 0. The summed E-state index contributed by atoms with van der Waals surface area (Å²) in [4.78, 5) is 1.74. The summed E-state index contributed by atoms with van der Waals surface area (Å²) in [5.41, 5.74) is 2.84. The standard InChI is InChI=1S/C13H20N2/c1-11-3-5-13(6-4-11)12(2)15-9-7-14-8-10-15/h3-6,12,14H,7-10H2,1-2H3/p+2/t12-/m1/s1. The third-order valence-corrected chi connectivity index (χ3v) is 3.53. The van der Waals surface area contributed by atoms with Crippen LogP contribution in [0, 0.1) is 6.92 Å². The monoisotopic (exact) mass is 206 g/mol. The van der Waals surface area contributed by atoms with Crippen LogP contribution >= 0.6 is 0 Å². The summed E-state index contributed by atoms with van der Waals surface area (Å²) in [6.45, 7) is 9.67. The first-order chi connectivity index (χ1) is 7.27. The van der Waals surface area contributed by atoms with Crippen LogP contribution in [0.4, 0.5) is 0 Å². The molecule has 0 bridgehead atoms. The normalized spacial score (nSPS) is 20.1. The molecule has 0 aromatic heterocycles. The van der Waals surface area contributed by atoms with Gasteiger partial charge in [0.2, 0.25) is 0 Å². The minimum Gasteiger partial charge on any atom is -0.337 e. The molecule has 82 valence electrons. The molecule has 1 aliphatic heterocycles. The molecule has 1 heterocycles. The molecule has 15 heavy (non-hydrogen) atoms. The van der Waals surface area contributed by atoms with Crippen molar-refractivity contribution in [2.75, 3.05) is 26.2 Å². The van der Waals surface area contributed by atoms with Crippen molar-refractivity contribution in [3.05, 3.63) is 35.4 Å². The number of hydrogen-bond donors (Lipinski definition) is 2. The number of benzene rings is 1. The van der Waals surface area contributed by atoms with E-state index in [1.54, 1.807) is 4.90 Å². The average molecular weight is 206 g/mol. The van der Waals surface area contributed by atoms with Crippen molar-refractivity contribution in [2.24, 2.45) is 0 Å². The molecule has 2 nitrogen and oxygen atoms in total. The van der Waals surface area contributed by atoms with Gasteiger partial charge in [-0.2, -0.15) is 0 Å². The summed E-state index contributed by atoms with van der Waals surface area (Å²) in [6.07, 6.45) is 0. The molecule has 0 aliphatic carbocycles. The number of piperazine rings is 1. The van der Waals surface area contributed by atoms with Crippen LogP contribution < -0.4 is 10.2 Å². The minimum atomic E-state index is 0.652. The smallest absolute Gasteiger partial charge is 0.127 e. The fourth-order valence-electron chi connectivity index (χ4n) is 2.37. The highest BCUT2D eigenvalue weighted by molar-refractivity contribution is 5.22. The molecule has 1 fully saturated rings. The van der Waals surface area contributed by atoms with Gasteiger partial charge < -0.3 is 10.2 Å². The van der Waals surface area contributed by atoms with Gasteiger partial charge in [-0.25, -0.2) is 0 Å². The Morgan fingerprint density at radius 3 is 2.33 bits per heavy atom. The van der Waals surface area contributed by atoms with E-state index in [2.05, 4.69) is 43.4 Å². The average Bonchev–Trinajstić information content (AvgIpc) is 2.30. The molecule has 1 aromatic carbocycles. The molecule has 0 saturated carbocycles. The molecule has 3 N–H and O–H groups in total. The van der Waals surface area contributed by atoms with E-state index in [0.29, 0.717) is 6.04 Å². The van der Waals surface area contributed by atoms with Crippen LogP contribution in [0.5, 0.6) is 0 Å². The Hall–Kier alpha value is -0.860. The lowest BCUT2D eigenvalue weighted by Gasteiger charge is -2.28. The van der Waals surface area contributed by atoms with Gasteiger partial charge in [0.15, 0.2) is 0 Å². The first kappa shape index (κ1) is 10.7. The Morgan fingerprint density at radius 2 is 1.73 bits per heavy atom. The predicted octanol–water partition coefficient (Wildman–Crippen LogP) is -0.482. The second-order valence-corrected chi connectivity index (χ2v) is 4.66. The maximum Gasteiger partial charge on any atom is 0.127 e. The van der Waals surface area contributed by atoms with Crippen molar-refractivity contribution < 1.29 is 10.2 Å². The Kier molecular flexibility index (Phi) is 3.39. The van der Waals surface area contributed by atoms with Crippen molar-refractivity contribution in [3.8, 4) is 0 Å². The van der Waals surface area contributed by atoms with Gasteiger partial charge in [0.1, 0.15) is 32.2 Å². The quantitative estimate of drug-likeness (QED) is 0.652. The fourth-order valence-corrected chi connectivity index (χ4v) is 2.37. The summed E-state index contributed by atoms with van der Waals surface area (Å²) in [5, 5.41) is 2.42. The Balaban J connectivity index is 2.05. The van der Waals surface area contributed by atoms with Crippen molar-refractivity contribution >= 4 is 0 Å². The minimum absolute atomic E-state index is 0.652. The van der Waals surface area contributed by atoms with E-state index in [4.69, 9.17) is 0 Å². The number of aryl methyl sites for hydroxylation is 1. The maximum absolute atomic E-state index is 2.42. The number of nitrogens with one attached hydrogen (secondary N) is 1. The molecule has 1 atom stereocenters. The van der Waals surface area contributed by atoms with Crippen LogP contribution in [0.1, 0.15) is 24.1 Å². The summed E-state index contributed by atoms with van der Waals surface area (Å²) >= 11 is 0. The summed E-state index contributed by atoms with van der Waals surface area (Å²) in [7, 11) is 0. The maximum atomic E-state index is 2.42. The molecule has 1 aliphatic rings. The van der Waals surface area contributed by atoms with Gasteiger partial charge in [-0.1, -0.05) is 29.8 Å². The van der Waals surface area contributed by atoms with Crippen LogP contribution in [0.25, 0.3) is 0 Å². The molecule has 0 spiro atoms. The lowest BCUT2D eigenvalue weighted by Crippen LogP contribution is -3.20. The lowest BCUT2D eigenvalue weighted by molar-refractivity contribution is -0.970. The number of quaternary nitrogens is 2. The second-order valence-electron chi connectivity index (χ2n) is 4.66. The van der Waals surface area contributed by atoms with Crippen molar-refractivity contribution in [2.45, 2.75) is 19.9 Å². The van der Waals surface area contributed by atoms with E-state index in [1.165, 1.54) is 37.3 Å². The lowest BCUT2D eigenvalue weighted by atomic mass is 10.0. The van der Waals surface area contributed by atoms with E-state index >= 15 is 0 Å². The third-order valence-electron chi connectivity index (χ3n) is 3.53. The largest absolute Gasteiger partial charge is 0.337 e. The molecular formula is C13H22N2+2. The second kappa shape index (κ2) is 4.77. The number of rotatable bonds is 2. The third kappa shape index (κ3) is 2.58. The van der Waals surface area contributed by atoms with Gasteiger partial charge in [0, 0.05) is 5.56 Å². The summed E-state index contributed by atoms with van der Waals surface area (Å²) < 4.78 is 0. The molecule has 1 aromatic rings. The topological polar surface area (TPSA) is 21.1 Å². The Morgan fingerprint density at radius 1 is 1.13 bits per heavy atom. The van der Waals surface area contributed by atoms with Crippen LogP contribution in [-0.4, -0.2) is 26.2 Å². The van der Waals surface area contributed by atoms with Crippen LogP contribution in [0.15, 0.2) is 24.3 Å². The van der Waals surface area contributed by atoms with Crippen LogP contribution in [0.3, 0.4) is 0 Å². The Labute approximate surface area is 92.3 Å². The molecule has 0 unspecified atom stereocenters. The van der Waals surface area contributed by atoms with Crippen molar-refractivity contribution in [1.82, 2.24) is 0 Å². The molecule has 1 saturated heterocycles. The van der Waals surface area contributed by atoms with Gasteiger partial charge >= 0.3 is 0 Å². The van der Waals surface area contributed by atoms with Gasteiger partial charge in [0.05, 0.1) is 0 Å². The zero-order chi connectivity index (χ0) is 10.7. The SMILES string of the molecule is Cc1ccc([C@@H](C)[NH+]2CC[NH2+]CC2)cc1. The van der Waals surface area contributed by atoms with Crippen molar-refractivity contribution in [3.63, 3.8) is 0 Å². The first-order valence-corrected chi connectivity index (χ1v) is 6.00. The van der Waals surface area contributed by atoms with E-state index in [-0.39, 0.29) is 0 Å². The molecule has 2 rings (SSSR count). The molecule has 2 heteroatoms. The highest BCUT2D eigenvalue weighted by Crippen LogP contribution is 2.10. The highest BCUT2D eigenvalue weighted by atomic mass is 15.2. The van der Waals surface area contributed by atoms with Gasteiger partial charge in [-0.3, -0.25) is 0 Å². The number of hydrogen-bond acceptors (Lipinski definition) is 0. The molecule has 0 amide bonds. The zero-order valence-corrected chi connectivity index (χ0v) is 9.79. The predicted molar refractivity (Wildman–Crippen MR) is 62.0 cm³/mol. The van der Waals surface area contributed by atoms with E-state index in [1.807, 2.05) is 0 Å². The van der Waals surface area contributed by atoms with Gasteiger partial charge in [-0.05, 0) is 13.8 Å². The van der Waals surface area contributed by atoms with Crippen LogP contribution in [-0.2, 0) is 0 Å². The van der Waals surface area contributed by atoms with Crippen LogP contribution in [0.2, 0.25) is 0 Å². The molecule has 0 radical (unpaired) electrons. The first-order valence-electron chi connectivity index (χ1n) is 6.00. The Bertz CT molecular complexity index is 299. The molecular weight excluding hydrogens is 184 g/mol. The van der Waals surface area contributed by atoms with E-state index < -0.39 is 0 Å². The highest BCUT2D eigenvalue weighted by Gasteiger charge is 2.22. The number of nitrogens with two attached hydrogens (primary N) is 1. The fraction of sp³-hybridized carbons (Fsp3) is 0.538. The van der Waals surface area contributed by atoms with Gasteiger partial charge in [-0.15, -0.1) is 0 Å². The summed E-state index contributed by atoms with van der Waals surface area (Å²) in [6, 6.07) is 9.67. The van der Waals surface area contributed by atoms with E-state index in [9.17, 15) is 0 Å².